The Morgan fingerprint density at radius 1 is 1.06 bits per heavy atom. The Labute approximate surface area is 201 Å². The Morgan fingerprint density at radius 3 is 2.34 bits per heavy atom. The number of hydrogen-bond acceptors (Lipinski definition) is 11. The Kier molecular flexibility index (Phi) is 5.48. The molecule has 6 N–H and O–H groups in total. The molecule has 0 spiro atoms. The van der Waals surface area contributed by atoms with Crippen LogP contribution in [-0.4, -0.2) is 97.7 Å². The summed E-state index contributed by atoms with van der Waals surface area (Å²) in [4.78, 5) is 12.9. The van der Waals surface area contributed by atoms with E-state index >= 15 is 0 Å². The van der Waals surface area contributed by atoms with Crippen molar-refractivity contribution in [3.63, 3.8) is 0 Å². The molecular weight excluding hydrogens is 464 g/mol. The molecule has 5 fully saturated rings. The van der Waals surface area contributed by atoms with Crippen LogP contribution in [0.15, 0.2) is 30.3 Å². The van der Waals surface area contributed by atoms with Crippen LogP contribution in [0.25, 0.3) is 0 Å². The molecule has 11 heteroatoms. The Hall–Kier alpha value is -1.67. The van der Waals surface area contributed by atoms with Crippen LogP contribution in [0.2, 0.25) is 0 Å². The van der Waals surface area contributed by atoms with Crippen molar-refractivity contribution in [1.29, 1.82) is 0 Å². The summed E-state index contributed by atoms with van der Waals surface area (Å²) in [7, 11) is 0. The smallest absolute Gasteiger partial charge is 0.338 e. The predicted octanol–water partition coefficient (Wildman–Crippen LogP) is -1.13. The lowest BCUT2D eigenvalue weighted by molar-refractivity contribution is -0.430. The highest BCUT2D eigenvalue weighted by Gasteiger charge is 2.90. The predicted molar refractivity (Wildman–Crippen MR) is 115 cm³/mol. The van der Waals surface area contributed by atoms with Crippen LogP contribution in [0.4, 0.5) is 0 Å². The van der Waals surface area contributed by atoms with Crippen molar-refractivity contribution < 1.29 is 54.4 Å². The lowest BCUT2D eigenvalue weighted by atomic mass is 9.44. The van der Waals surface area contributed by atoms with E-state index in [0.29, 0.717) is 0 Å². The minimum atomic E-state index is -2.61. The molecule has 11 atom stereocenters. The SMILES string of the molecule is C[C@H]1[C@@]2(COC(=O)c3ccccc3)[C@@H]3O[C@]1(O)C[C@](C)(O3)C2(C)[C@@]1(O)OC(CO)C(O)C(O)C1O. The molecule has 0 radical (unpaired) electrons. The van der Waals surface area contributed by atoms with E-state index in [0.717, 1.165) is 0 Å². The molecule has 4 bridgehead atoms. The molecule has 5 aliphatic rings. The first-order chi connectivity index (χ1) is 16.3. The normalized spacial score (nSPS) is 52.6. The molecule has 4 aliphatic heterocycles. The van der Waals surface area contributed by atoms with Gasteiger partial charge in [-0.1, -0.05) is 32.0 Å². The second-order valence-corrected chi connectivity index (χ2v) is 10.6. The van der Waals surface area contributed by atoms with Crippen molar-refractivity contribution in [3.8, 4) is 0 Å². The van der Waals surface area contributed by atoms with Crippen molar-refractivity contribution >= 4 is 5.97 Å². The highest BCUT2D eigenvalue weighted by molar-refractivity contribution is 5.89. The minimum absolute atomic E-state index is 0.122. The summed E-state index contributed by atoms with van der Waals surface area (Å²) in [5.41, 5.74) is -4.25. The highest BCUT2D eigenvalue weighted by atomic mass is 16.8. The molecule has 0 aromatic heterocycles. The fourth-order valence-corrected chi connectivity index (χ4v) is 7.00. The third-order valence-electron chi connectivity index (χ3n) is 9.26. The van der Waals surface area contributed by atoms with Gasteiger partial charge < -0.3 is 49.6 Å². The van der Waals surface area contributed by atoms with Gasteiger partial charge in [-0.25, -0.2) is 4.79 Å². The van der Waals surface area contributed by atoms with Gasteiger partial charge in [-0.3, -0.25) is 0 Å². The molecule has 4 heterocycles. The van der Waals surface area contributed by atoms with Crippen molar-refractivity contribution in [1.82, 2.24) is 0 Å². The third-order valence-corrected chi connectivity index (χ3v) is 9.26. The zero-order valence-electron chi connectivity index (χ0n) is 19.7. The van der Waals surface area contributed by atoms with Crippen molar-refractivity contribution in [2.45, 2.75) is 75.1 Å². The summed E-state index contributed by atoms with van der Waals surface area (Å²) in [5.74, 6) is -5.73. The van der Waals surface area contributed by atoms with E-state index in [1.54, 1.807) is 51.1 Å². The van der Waals surface area contributed by atoms with E-state index in [1.165, 1.54) is 0 Å². The first-order valence-electron chi connectivity index (χ1n) is 11.7. The van der Waals surface area contributed by atoms with E-state index in [9.17, 15) is 35.4 Å². The quantitative estimate of drug-likeness (QED) is 0.272. The number of benzene rings is 1. The average Bonchev–Trinajstić information content (AvgIpc) is 3.09. The Morgan fingerprint density at radius 2 is 1.71 bits per heavy atom. The van der Waals surface area contributed by atoms with Gasteiger partial charge in [0.1, 0.15) is 31.0 Å². The van der Waals surface area contributed by atoms with Gasteiger partial charge in [-0.05, 0) is 19.1 Å². The molecular formula is C24H32O11. The van der Waals surface area contributed by atoms with Gasteiger partial charge in [0, 0.05) is 12.3 Å². The van der Waals surface area contributed by atoms with Crippen molar-refractivity contribution in [2.24, 2.45) is 16.7 Å². The largest absolute Gasteiger partial charge is 0.461 e. The van der Waals surface area contributed by atoms with E-state index in [1.807, 2.05) is 0 Å². The molecule has 1 aromatic carbocycles. The van der Waals surface area contributed by atoms with E-state index in [-0.39, 0.29) is 18.6 Å². The maximum Gasteiger partial charge on any atom is 0.338 e. The summed E-state index contributed by atoms with van der Waals surface area (Å²) in [5, 5.41) is 65.0. The molecule has 5 unspecified atom stereocenters. The maximum atomic E-state index is 12.9. The molecule has 1 aromatic rings. The van der Waals surface area contributed by atoms with Gasteiger partial charge in [-0.15, -0.1) is 0 Å². The molecule has 4 saturated heterocycles. The molecule has 11 nitrogen and oxygen atoms in total. The van der Waals surface area contributed by atoms with Gasteiger partial charge in [0.25, 0.3) is 0 Å². The number of aliphatic hydroxyl groups excluding tert-OH is 4. The number of rotatable bonds is 5. The number of esters is 1. The number of carbonyl (C=O) groups is 1. The first kappa shape index (κ1) is 25.0. The zero-order valence-corrected chi connectivity index (χ0v) is 19.7. The number of aliphatic hydroxyl groups is 6. The standard InChI is InChI=1S/C24H32O11/c1-12-22(11-32-18(29)13-7-5-4-6-8-13)19-34-20(2,10-23(12,30)35-19)21(22,3)24(31)17(28)16(27)15(26)14(9-25)33-24/h4-8,12,14-17,19,25-28,30-31H,9-11H2,1-3H3/t12-,14?,15?,16?,17?,19-,20-,21?,22-,23+,24-/m0/s1. The third kappa shape index (κ3) is 2.84. The summed E-state index contributed by atoms with van der Waals surface area (Å²) in [6.07, 6.45) is -8.29. The van der Waals surface area contributed by atoms with Gasteiger partial charge in [0.2, 0.25) is 5.79 Å². The van der Waals surface area contributed by atoms with E-state index in [2.05, 4.69) is 0 Å². The lowest BCUT2D eigenvalue weighted by Gasteiger charge is -2.64. The van der Waals surface area contributed by atoms with Crippen LogP contribution in [0, 0.1) is 16.7 Å². The van der Waals surface area contributed by atoms with Gasteiger partial charge >= 0.3 is 5.97 Å². The fraction of sp³-hybridized carbons (Fsp3) is 0.708. The van der Waals surface area contributed by atoms with Gasteiger partial charge in [-0.2, -0.15) is 0 Å². The molecule has 194 valence electrons. The van der Waals surface area contributed by atoms with Crippen LogP contribution in [0.3, 0.4) is 0 Å². The van der Waals surface area contributed by atoms with Crippen molar-refractivity contribution in [2.75, 3.05) is 13.2 Å². The Bertz CT molecular complexity index is 1000. The first-order valence-corrected chi connectivity index (χ1v) is 11.7. The second kappa shape index (κ2) is 7.67. The number of ether oxygens (including phenoxy) is 4. The Balaban J connectivity index is 1.62. The van der Waals surface area contributed by atoms with Crippen LogP contribution in [0.1, 0.15) is 37.6 Å². The average molecular weight is 497 g/mol. The monoisotopic (exact) mass is 496 g/mol. The topological polar surface area (TPSA) is 175 Å². The van der Waals surface area contributed by atoms with Crippen molar-refractivity contribution in [3.05, 3.63) is 35.9 Å². The summed E-state index contributed by atoms with van der Waals surface area (Å²) in [6.45, 7) is 3.68. The highest BCUT2D eigenvalue weighted by Crippen LogP contribution is 2.77. The summed E-state index contributed by atoms with van der Waals surface area (Å²) < 4.78 is 23.5. The maximum absolute atomic E-state index is 12.9. The summed E-state index contributed by atoms with van der Waals surface area (Å²) >= 11 is 0. The van der Waals surface area contributed by atoms with Crippen LogP contribution in [0.5, 0.6) is 0 Å². The zero-order chi connectivity index (χ0) is 25.6. The molecule has 1 saturated carbocycles. The van der Waals surface area contributed by atoms with Gasteiger partial charge in [0.05, 0.1) is 28.6 Å². The van der Waals surface area contributed by atoms with Crippen LogP contribution in [-0.2, 0) is 18.9 Å². The molecule has 0 amide bonds. The van der Waals surface area contributed by atoms with Crippen LogP contribution < -0.4 is 0 Å². The number of carbonyl (C=O) groups excluding carboxylic acids is 1. The van der Waals surface area contributed by atoms with Gasteiger partial charge in [0.15, 0.2) is 12.1 Å². The fourth-order valence-electron chi connectivity index (χ4n) is 7.00. The molecule has 35 heavy (non-hydrogen) atoms. The van der Waals surface area contributed by atoms with Crippen LogP contribution >= 0.6 is 0 Å². The minimum Gasteiger partial charge on any atom is -0.461 e. The van der Waals surface area contributed by atoms with E-state index < -0.39 is 77.2 Å². The number of hydrogen-bond donors (Lipinski definition) is 6. The second-order valence-electron chi connectivity index (χ2n) is 10.6. The molecule has 6 rings (SSSR count). The summed E-state index contributed by atoms with van der Waals surface area (Å²) in [6, 6.07) is 8.26. The molecule has 1 aliphatic carbocycles. The van der Waals surface area contributed by atoms with E-state index in [4.69, 9.17) is 18.9 Å². The lowest BCUT2D eigenvalue weighted by Crippen LogP contribution is -2.79.